The minimum absolute atomic E-state index is 0.000586. The van der Waals surface area contributed by atoms with Crippen LogP contribution >= 0.6 is 0 Å². The normalized spacial score (nSPS) is 24.5. The molecule has 0 radical (unpaired) electrons. The lowest BCUT2D eigenvalue weighted by Gasteiger charge is -2.51. The number of nitrogens with zero attached hydrogens (tertiary/aromatic N) is 1. The van der Waals surface area contributed by atoms with Crippen molar-refractivity contribution in [2.24, 2.45) is 11.3 Å². The third kappa shape index (κ3) is 3.17. The van der Waals surface area contributed by atoms with Gasteiger partial charge in [0.2, 0.25) is 0 Å². The van der Waals surface area contributed by atoms with Gasteiger partial charge in [-0.1, -0.05) is 32.9 Å². The van der Waals surface area contributed by atoms with Crippen LogP contribution in [0.25, 0.3) is 0 Å². The molecule has 2 amide bonds. The second-order valence-corrected chi connectivity index (χ2v) is 9.23. The zero-order valence-corrected chi connectivity index (χ0v) is 18.1. The molecule has 1 saturated heterocycles. The largest absolute Gasteiger partial charge is 0.508 e. The number of carbonyl (C=O) groups is 2. The monoisotopic (exact) mass is 406 g/mol. The maximum atomic E-state index is 13.5. The van der Waals surface area contributed by atoms with Crippen LogP contribution in [0.5, 0.6) is 5.75 Å². The molecule has 2 aromatic rings. The van der Waals surface area contributed by atoms with Gasteiger partial charge in [0, 0.05) is 30.8 Å². The number of rotatable bonds is 2. The number of phenolic OH excluding ortho intramolecular Hbond substituents is 1. The Morgan fingerprint density at radius 1 is 1.10 bits per heavy atom. The maximum absolute atomic E-state index is 13.5. The van der Waals surface area contributed by atoms with E-state index in [-0.39, 0.29) is 23.3 Å². The first kappa shape index (κ1) is 20.5. The zero-order chi connectivity index (χ0) is 21.6. The molecule has 1 aliphatic heterocycles. The summed E-state index contributed by atoms with van der Waals surface area (Å²) in [6.45, 7) is 7.47. The van der Waals surface area contributed by atoms with Gasteiger partial charge in [-0.3, -0.25) is 9.59 Å². The molecule has 3 atom stereocenters. The Morgan fingerprint density at radius 2 is 1.77 bits per heavy atom. The summed E-state index contributed by atoms with van der Waals surface area (Å²) in [6, 6.07) is 12.6. The SMILES string of the molecule is CNC(=O)c1ccc(C(=O)N2CC[C@@H]3C(C)c4cccc(O)c4C[C@@H]2C3(C)C)cc1. The minimum Gasteiger partial charge on any atom is -0.508 e. The molecular formula is C25H30N2O3. The highest BCUT2D eigenvalue weighted by Crippen LogP contribution is 2.52. The number of hydrogen-bond donors (Lipinski definition) is 2. The van der Waals surface area contributed by atoms with Crippen molar-refractivity contribution >= 4 is 11.8 Å². The molecule has 0 saturated carbocycles. The van der Waals surface area contributed by atoms with E-state index >= 15 is 0 Å². The average Bonchev–Trinajstić information content (AvgIpc) is 2.78. The predicted octanol–water partition coefficient (Wildman–Crippen LogP) is 3.97. The number of fused-ring (bicyclic) bond motifs is 3. The molecule has 2 aliphatic rings. The van der Waals surface area contributed by atoms with E-state index in [1.807, 2.05) is 11.0 Å². The Kier molecular flexibility index (Phi) is 5.08. The van der Waals surface area contributed by atoms with Crippen molar-refractivity contribution in [1.29, 1.82) is 0 Å². The predicted molar refractivity (Wildman–Crippen MR) is 117 cm³/mol. The second kappa shape index (κ2) is 7.46. The smallest absolute Gasteiger partial charge is 0.254 e. The van der Waals surface area contributed by atoms with Gasteiger partial charge in [0.15, 0.2) is 0 Å². The molecule has 0 aromatic heterocycles. The molecule has 2 aromatic carbocycles. The number of aromatic hydroxyl groups is 1. The van der Waals surface area contributed by atoms with Crippen molar-refractivity contribution < 1.29 is 14.7 Å². The number of likely N-dealkylation sites (tertiary alicyclic amines) is 1. The fourth-order valence-corrected chi connectivity index (χ4v) is 5.69. The van der Waals surface area contributed by atoms with Gasteiger partial charge in [-0.2, -0.15) is 0 Å². The van der Waals surface area contributed by atoms with Crippen LogP contribution in [0.15, 0.2) is 42.5 Å². The Morgan fingerprint density at radius 3 is 2.43 bits per heavy atom. The number of nitrogens with one attached hydrogen (secondary N) is 1. The number of carbonyl (C=O) groups excluding carboxylic acids is 2. The summed E-state index contributed by atoms with van der Waals surface area (Å²) in [4.78, 5) is 27.3. The molecule has 2 N–H and O–H groups in total. The lowest BCUT2D eigenvalue weighted by molar-refractivity contribution is -0.00806. The van der Waals surface area contributed by atoms with E-state index in [4.69, 9.17) is 0 Å². The summed E-state index contributed by atoms with van der Waals surface area (Å²) in [7, 11) is 1.59. The number of benzene rings is 2. The molecule has 158 valence electrons. The summed E-state index contributed by atoms with van der Waals surface area (Å²) < 4.78 is 0. The Balaban J connectivity index is 1.70. The molecule has 2 bridgehead atoms. The highest BCUT2D eigenvalue weighted by atomic mass is 16.3. The van der Waals surface area contributed by atoms with E-state index < -0.39 is 0 Å². The lowest BCUT2D eigenvalue weighted by atomic mass is 9.64. The first-order valence-electron chi connectivity index (χ1n) is 10.7. The van der Waals surface area contributed by atoms with Crippen LogP contribution in [-0.4, -0.2) is 41.5 Å². The summed E-state index contributed by atoms with van der Waals surface area (Å²) in [6.07, 6.45) is 1.58. The van der Waals surface area contributed by atoms with Crippen molar-refractivity contribution in [3.05, 3.63) is 64.7 Å². The van der Waals surface area contributed by atoms with E-state index in [2.05, 4.69) is 32.2 Å². The lowest BCUT2D eigenvalue weighted by Crippen LogP contribution is -2.57. The third-order valence-electron chi connectivity index (χ3n) is 7.43. The van der Waals surface area contributed by atoms with Crippen LogP contribution in [0.1, 0.15) is 65.0 Å². The number of piperidine rings is 1. The summed E-state index contributed by atoms with van der Waals surface area (Å²) in [5.41, 5.74) is 3.22. The Bertz CT molecular complexity index is 980. The third-order valence-corrected chi connectivity index (χ3v) is 7.43. The van der Waals surface area contributed by atoms with E-state index in [9.17, 15) is 14.7 Å². The Hall–Kier alpha value is -2.82. The summed E-state index contributed by atoms with van der Waals surface area (Å²) >= 11 is 0. The molecule has 4 rings (SSSR count). The van der Waals surface area contributed by atoms with Gasteiger partial charge in [0.1, 0.15) is 5.75 Å². The van der Waals surface area contributed by atoms with Crippen LogP contribution in [0.4, 0.5) is 0 Å². The highest BCUT2D eigenvalue weighted by Gasteiger charge is 2.50. The maximum Gasteiger partial charge on any atom is 0.254 e. The first-order valence-corrected chi connectivity index (χ1v) is 10.7. The molecule has 1 fully saturated rings. The summed E-state index contributed by atoms with van der Waals surface area (Å²) in [5.74, 6) is 0.911. The molecule has 5 heteroatoms. The topological polar surface area (TPSA) is 69.6 Å². The van der Waals surface area contributed by atoms with Crippen LogP contribution in [0.3, 0.4) is 0 Å². The Labute approximate surface area is 178 Å². The molecular weight excluding hydrogens is 376 g/mol. The van der Waals surface area contributed by atoms with Gasteiger partial charge < -0.3 is 15.3 Å². The van der Waals surface area contributed by atoms with Crippen molar-refractivity contribution in [2.75, 3.05) is 13.6 Å². The fourth-order valence-electron chi connectivity index (χ4n) is 5.69. The quantitative estimate of drug-likeness (QED) is 0.793. The highest BCUT2D eigenvalue weighted by molar-refractivity contribution is 5.98. The number of amides is 2. The number of hydrogen-bond acceptors (Lipinski definition) is 3. The van der Waals surface area contributed by atoms with Crippen molar-refractivity contribution in [2.45, 2.75) is 45.6 Å². The van der Waals surface area contributed by atoms with Gasteiger partial charge in [0.25, 0.3) is 11.8 Å². The van der Waals surface area contributed by atoms with E-state index in [0.717, 1.165) is 12.0 Å². The standard InChI is InChI=1S/C25H30N2O3/c1-15-18-6-5-7-21(28)19(18)14-22-25(2,3)20(15)12-13-27(22)24(30)17-10-8-16(9-11-17)23(29)26-4/h5-11,15,20,22,28H,12-14H2,1-4H3,(H,26,29)/t15?,20-,22-/m1/s1. The molecule has 1 heterocycles. The van der Waals surface area contributed by atoms with Crippen LogP contribution in [-0.2, 0) is 6.42 Å². The van der Waals surface area contributed by atoms with Crippen molar-refractivity contribution in [1.82, 2.24) is 10.2 Å². The molecule has 1 aliphatic carbocycles. The fraction of sp³-hybridized carbons (Fsp3) is 0.440. The minimum atomic E-state index is -0.166. The molecule has 1 unspecified atom stereocenters. The zero-order valence-electron chi connectivity index (χ0n) is 18.1. The number of phenols is 1. The van der Waals surface area contributed by atoms with Crippen LogP contribution < -0.4 is 5.32 Å². The van der Waals surface area contributed by atoms with Gasteiger partial charge in [0.05, 0.1) is 0 Å². The molecule has 5 nitrogen and oxygen atoms in total. The van der Waals surface area contributed by atoms with Crippen LogP contribution in [0.2, 0.25) is 0 Å². The van der Waals surface area contributed by atoms with Gasteiger partial charge in [-0.05, 0) is 71.6 Å². The van der Waals surface area contributed by atoms with Gasteiger partial charge >= 0.3 is 0 Å². The van der Waals surface area contributed by atoms with Crippen LogP contribution in [0, 0.1) is 11.3 Å². The molecule has 0 spiro atoms. The van der Waals surface area contributed by atoms with Crippen molar-refractivity contribution in [3.63, 3.8) is 0 Å². The van der Waals surface area contributed by atoms with Gasteiger partial charge in [-0.25, -0.2) is 0 Å². The second-order valence-electron chi connectivity index (χ2n) is 9.23. The first-order chi connectivity index (χ1) is 14.3. The summed E-state index contributed by atoms with van der Waals surface area (Å²) in [5, 5.41) is 13.2. The average molecular weight is 407 g/mol. The van der Waals surface area contributed by atoms with Gasteiger partial charge in [-0.15, -0.1) is 0 Å². The van der Waals surface area contributed by atoms with E-state index in [1.54, 1.807) is 37.4 Å². The van der Waals surface area contributed by atoms with E-state index in [0.29, 0.717) is 41.7 Å². The van der Waals surface area contributed by atoms with E-state index in [1.165, 1.54) is 5.56 Å². The van der Waals surface area contributed by atoms with Crippen molar-refractivity contribution in [3.8, 4) is 5.75 Å². The molecule has 30 heavy (non-hydrogen) atoms.